The highest BCUT2D eigenvalue weighted by molar-refractivity contribution is 5.87. The Bertz CT molecular complexity index is 980. The van der Waals surface area contributed by atoms with E-state index in [0.29, 0.717) is 16.9 Å². The second-order valence-corrected chi connectivity index (χ2v) is 5.77. The molecule has 28 heavy (non-hydrogen) atoms. The summed E-state index contributed by atoms with van der Waals surface area (Å²) >= 11 is 0. The van der Waals surface area contributed by atoms with E-state index in [1.807, 2.05) is 13.8 Å². The summed E-state index contributed by atoms with van der Waals surface area (Å²) in [7, 11) is 0. The Balaban J connectivity index is 0.00000136. The molecule has 1 saturated heterocycles. The van der Waals surface area contributed by atoms with Crippen LogP contribution in [0.5, 0.6) is 0 Å². The van der Waals surface area contributed by atoms with Crippen LogP contribution >= 0.6 is 0 Å². The van der Waals surface area contributed by atoms with Gasteiger partial charge in [-0.15, -0.1) is 5.92 Å². The van der Waals surface area contributed by atoms with Crippen molar-refractivity contribution in [2.24, 2.45) is 0 Å². The zero-order valence-corrected chi connectivity index (χ0v) is 16.9. The van der Waals surface area contributed by atoms with Gasteiger partial charge in [-0.05, 0) is 19.1 Å². The number of rotatable bonds is 5. The smallest absolute Gasteiger partial charge is 0.335 e. The van der Waals surface area contributed by atoms with E-state index in [1.54, 1.807) is 29.7 Å². The van der Waals surface area contributed by atoms with Crippen LogP contribution in [-0.4, -0.2) is 45.3 Å². The first-order valence-electron chi connectivity index (χ1n) is 9.50. The summed E-state index contributed by atoms with van der Waals surface area (Å²) in [6.45, 7) is 17.0. The third-order valence-corrected chi connectivity index (χ3v) is 4.27. The van der Waals surface area contributed by atoms with E-state index in [2.05, 4.69) is 45.2 Å². The van der Waals surface area contributed by atoms with Crippen LogP contribution in [0.2, 0.25) is 0 Å². The van der Waals surface area contributed by atoms with Gasteiger partial charge in [0.05, 0.1) is 12.2 Å². The summed E-state index contributed by atoms with van der Waals surface area (Å²) in [5.41, 5.74) is 1.64. The lowest BCUT2D eigenvalue weighted by atomic mass is 10.3. The highest BCUT2D eigenvalue weighted by Crippen LogP contribution is 2.24. The fourth-order valence-electron chi connectivity index (χ4n) is 3.07. The van der Waals surface area contributed by atoms with Gasteiger partial charge in [0.1, 0.15) is 11.8 Å². The van der Waals surface area contributed by atoms with Gasteiger partial charge >= 0.3 is 5.69 Å². The largest absolute Gasteiger partial charge is 0.352 e. The molecule has 3 rings (SSSR count). The van der Waals surface area contributed by atoms with Gasteiger partial charge in [-0.2, -0.15) is 0 Å². The average molecular weight is 380 g/mol. The molecule has 0 bridgehead atoms. The lowest BCUT2D eigenvalue weighted by molar-refractivity contribution is 0.585. The third kappa shape index (κ3) is 4.07. The van der Waals surface area contributed by atoms with Crippen molar-refractivity contribution in [3.05, 3.63) is 48.2 Å². The topological polar surface area (TPSA) is 68.0 Å². The Labute approximate surface area is 166 Å². The molecular formula is C21H28N6O. The van der Waals surface area contributed by atoms with E-state index in [0.717, 1.165) is 32.0 Å². The summed E-state index contributed by atoms with van der Waals surface area (Å²) in [5, 5.41) is 3.33. The van der Waals surface area contributed by atoms with Crippen LogP contribution in [0.25, 0.3) is 16.9 Å². The lowest BCUT2D eigenvalue weighted by Crippen LogP contribution is -2.44. The van der Waals surface area contributed by atoms with Crippen molar-refractivity contribution >= 4 is 22.7 Å². The van der Waals surface area contributed by atoms with E-state index >= 15 is 0 Å². The van der Waals surface area contributed by atoms with Gasteiger partial charge < -0.3 is 10.2 Å². The molecule has 1 aliphatic rings. The van der Waals surface area contributed by atoms with Crippen LogP contribution < -0.4 is 15.9 Å². The van der Waals surface area contributed by atoms with E-state index < -0.39 is 0 Å². The number of hydrogen-bond acceptors (Lipinski definition) is 5. The number of aromatic nitrogens is 4. The second kappa shape index (κ2) is 10.3. The van der Waals surface area contributed by atoms with Gasteiger partial charge in [0, 0.05) is 26.2 Å². The van der Waals surface area contributed by atoms with E-state index in [1.165, 1.54) is 10.9 Å². The van der Waals surface area contributed by atoms with Gasteiger partial charge in [0.25, 0.3) is 0 Å². The number of piperazine rings is 1. The van der Waals surface area contributed by atoms with Gasteiger partial charge in [-0.25, -0.2) is 19.3 Å². The first-order valence-corrected chi connectivity index (χ1v) is 9.50. The molecule has 0 spiro atoms. The molecule has 0 unspecified atom stereocenters. The molecule has 1 fully saturated rings. The molecule has 148 valence electrons. The number of anilines is 1. The number of allylic oxidation sites excluding steroid dienone is 4. The first-order chi connectivity index (χ1) is 13.7. The molecule has 7 nitrogen and oxygen atoms in total. The molecule has 0 saturated carbocycles. The molecule has 0 aromatic carbocycles. The molecule has 1 N–H and O–H groups in total. The first kappa shape index (κ1) is 21.2. The van der Waals surface area contributed by atoms with Crippen molar-refractivity contribution in [1.82, 2.24) is 24.4 Å². The minimum absolute atomic E-state index is 0.215. The third-order valence-electron chi connectivity index (χ3n) is 4.27. The van der Waals surface area contributed by atoms with Crippen molar-refractivity contribution in [3.8, 4) is 11.8 Å². The summed E-state index contributed by atoms with van der Waals surface area (Å²) < 4.78 is 3.17. The maximum Gasteiger partial charge on any atom is 0.335 e. The SMILES string of the molecule is C=C/C=C(\C=C)n1c(=O)n(CC#CC)c2c(N3CCNCC3)ncnc21.CC. The molecule has 0 atom stereocenters. The fraction of sp³-hybridized carbons (Fsp3) is 0.381. The standard InChI is InChI=1S/C19H22N6O.C2H6/c1-4-7-11-24-16-17(23-12-9-20-10-13-23)21-14-22-18(16)25(19(24)26)15(6-3)8-5-2;1-2/h5-6,8,14,20H,2-3,9-13H2,1H3;1-2H3/b15-8+;. The van der Waals surface area contributed by atoms with Gasteiger partial charge in [0.2, 0.25) is 0 Å². The van der Waals surface area contributed by atoms with Gasteiger partial charge in [0.15, 0.2) is 11.5 Å². The van der Waals surface area contributed by atoms with Crippen LogP contribution in [-0.2, 0) is 6.54 Å². The van der Waals surface area contributed by atoms with Crippen LogP contribution in [0.1, 0.15) is 20.8 Å². The monoisotopic (exact) mass is 380 g/mol. The van der Waals surface area contributed by atoms with E-state index in [4.69, 9.17) is 0 Å². The van der Waals surface area contributed by atoms with Crippen LogP contribution in [0.3, 0.4) is 0 Å². The Morgan fingerprint density at radius 2 is 2.00 bits per heavy atom. The Morgan fingerprint density at radius 1 is 1.29 bits per heavy atom. The molecule has 0 aliphatic carbocycles. The Kier molecular flexibility index (Phi) is 7.78. The molecule has 2 aromatic heterocycles. The molecule has 7 heteroatoms. The second-order valence-electron chi connectivity index (χ2n) is 5.77. The highest BCUT2D eigenvalue weighted by atomic mass is 16.1. The highest BCUT2D eigenvalue weighted by Gasteiger charge is 2.23. The Morgan fingerprint density at radius 3 is 2.61 bits per heavy atom. The fourth-order valence-corrected chi connectivity index (χ4v) is 3.07. The molecular weight excluding hydrogens is 352 g/mol. The summed E-state index contributed by atoms with van der Waals surface area (Å²) in [5.74, 6) is 6.58. The summed E-state index contributed by atoms with van der Waals surface area (Å²) in [6, 6.07) is 0. The molecule has 3 heterocycles. The molecule has 2 aromatic rings. The summed E-state index contributed by atoms with van der Waals surface area (Å²) in [4.78, 5) is 24.2. The van der Waals surface area contributed by atoms with Crippen molar-refractivity contribution in [2.45, 2.75) is 27.3 Å². The zero-order chi connectivity index (χ0) is 20.5. The molecule has 0 amide bonds. The maximum atomic E-state index is 13.1. The van der Waals surface area contributed by atoms with Crippen molar-refractivity contribution in [3.63, 3.8) is 0 Å². The number of nitrogens with zero attached hydrogens (tertiary/aromatic N) is 5. The van der Waals surface area contributed by atoms with E-state index in [-0.39, 0.29) is 12.2 Å². The Hall–Kier alpha value is -3.11. The molecule has 0 radical (unpaired) electrons. The van der Waals surface area contributed by atoms with Crippen molar-refractivity contribution in [1.29, 1.82) is 0 Å². The van der Waals surface area contributed by atoms with Gasteiger partial charge in [-0.3, -0.25) is 4.57 Å². The predicted molar refractivity (Wildman–Crippen MR) is 116 cm³/mol. The van der Waals surface area contributed by atoms with Crippen LogP contribution in [0.15, 0.2) is 42.5 Å². The number of imidazole rings is 1. The number of hydrogen-bond donors (Lipinski definition) is 1. The van der Waals surface area contributed by atoms with E-state index in [9.17, 15) is 4.79 Å². The van der Waals surface area contributed by atoms with Crippen LogP contribution in [0, 0.1) is 11.8 Å². The van der Waals surface area contributed by atoms with Crippen molar-refractivity contribution in [2.75, 3.05) is 31.1 Å². The van der Waals surface area contributed by atoms with Crippen LogP contribution in [0.4, 0.5) is 5.82 Å². The minimum Gasteiger partial charge on any atom is -0.352 e. The maximum absolute atomic E-state index is 13.1. The quantitative estimate of drug-likeness (QED) is 0.637. The lowest BCUT2D eigenvalue weighted by Gasteiger charge is -2.28. The number of fused-ring (bicyclic) bond motifs is 1. The molecule has 1 aliphatic heterocycles. The summed E-state index contributed by atoms with van der Waals surface area (Å²) in [6.07, 6.45) is 6.47. The predicted octanol–water partition coefficient (Wildman–Crippen LogP) is 2.26. The zero-order valence-electron chi connectivity index (χ0n) is 16.9. The van der Waals surface area contributed by atoms with Gasteiger partial charge in [-0.1, -0.05) is 39.0 Å². The average Bonchev–Trinajstić information content (AvgIpc) is 3.04. The van der Waals surface area contributed by atoms with Crippen molar-refractivity contribution < 1.29 is 0 Å². The minimum atomic E-state index is -0.215. The number of nitrogens with one attached hydrogen (secondary N) is 1. The normalized spacial score (nSPS) is 14.0.